The number of rotatable bonds is 7. The van der Waals surface area contributed by atoms with Crippen LogP contribution >= 0.6 is 0 Å². The summed E-state index contributed by atoms with van der Waals surface area (Å²) in [6.45, 7) is 6.32. The van der Waals surface area contributed by atoms with Crippen molar-refractivity contribution < 1.29 is 14.4 Å². The Kier molecular flexibility index (Phi) is 7.08. The van der Waals surface area contributed by atoms with E-state index in [9.17, 15) is 14.4 Å². The Morgan fingerprint density at radius 3 is 2.09 bits per heavy atom. The highest BCUT2D eigenvalue weighted by Gasteiger charge is 2.07. The van der Waals surface area contributed by atoms with E-state index in [1.165, 1.54) is 6.92 Å². The van der Waals surface area contributed by atoms with Gasteiger partial charge in [-0.1, -0.05) is 26.0 Å². The second-order valence-corrected chi connectivity index (χ2v) is 5.31. The fourth-order valence-electron chi connectivity index (χ4n) is 1.67. The Morgan fingerprint density at radius 2 is 1.55 bits per heavy atom. The van der Waals surface area contributed by atoms with Crippen LogP contribution in [0.1, 0.15) is 36.7 Å². The van der Waals surface area contributed by atoms with Gasteiger partial charge in [0.15, 0.2) is 0 Å². The second-order valence-electron chi connectivity index (χ2n) is 5.31. The van der Waals surface area contributed by atoms with Crippen molar-refractivity contribution in [3.05, 3.63) is 35.4 Å². The molecule has 0 saturated heterocycles. The van der Waals surface area contributed by atoms with Crippen LogP contribution < -0.4 is 16.0 Å². The lowest BCUT2D eigenvalue weighted by atomic mass is 10.1. The molecule has 0 aliphatic carbocycles. The molecule has 0 bridgehead atoms. The summed E-state index contributed by atoms with van der Waals surface area (Å²) in [5.41, 5.74) is 1.47. The van der Waals surface area contributed by atoms with Gasteiger partial charge in [0, 0.05) is 38.0 Å². The topological polar surface area (TPSA) is 87.3 Å². The summed E-state index contributed by atoms with van der Waals surface area (Å²) in [7, 11) is 0. The van der Waals surface area contributed by atoms with Crippen LogP contribution in [0.4, 0.5) is 0 Å². The van der Waals surface area contributed by atoms with Crippen LogP contribution in [0.3, 0.4) is 0 Å². The van der Waals surface area contributed by atoms with Crippen molar-refractivity contribution in [1.29, 1.82) is 0 Å². The van der Waals surface area contributed by atoms with Crippen molar-refractivity contribution in [2.24, 2.45) is 5.92 Å². The number of hydrogen-bond donors (Lipinski definition) is 3. The van der Waals surface area contributed by atoms with E-state index in [1.807, 2.05) is 13.8 Å². The summed E-state index contributed by atoms with van der Waals surface area (Å²) < 4.78 is 0. The molecular formula is C16H23N3O3. The normalized spacial score (nSPS) is 10.2. The number of hydrogen-bond acceptors (Lipinski definition) is 3. The smallest absolute Gasteiger partial charge is 0.251 e. The summed E-state index contributed by atoms with van der Waals surface area (Å²) in [5.74, 6) is -0.376. The third-order valence-corrected chi connectivity index (χ3v) is 2.99. The predicted octanol–water partition coefficient (Wildman–Crippen LogP) is 0.825. The second kappa shape index (κ2) is 8.81. The van der Waals surface area contributed by atoms with Gasteiger partial charge in [-0.3, -0.25) is 14.4 Å². The molecule has 0 aromatic heterocycles. The van der Waals surface area contributed by atoms with Gasteiger partial charge in [-0.15, -0.1) is 0 Å². The summed E-state index contributed by atoms with van der Waals surface area (Å²) in [6.07, 6.45) is 0. The molecule has 0 heterocycles. The van der Waals surface area contributed by atoms with Gasteiger partial charge in [-0.05, 0) is 17.7 Å². The molecule has 0 unspecified atom stereocenters. The summed E-state index contributed by atoms with van der Waals surface area (Å²) in [4.78, 5) is 34.1. The van der Waals surface area contributed by atoms with Crippen LogP contribution in [-0.2, 0) is 16.1 Å². The number of benzene rings is 1. The number of nitrogens with one attached hydrogen (secondary N) is 3. The highest BCUT2D eigenvalue weighted by molar-refractivity contribution is 5.94. The highest BCUT2D eigenvalue weighted by Crippen LogP contribution is 2.04. The number of carbonyl (C=O) groups is 3. The zero-order chi connectivity index (χ0) is 16.5. The molecule has 22 heavy (non-hydrogen) atoms. The van der Waals surface area contributed by atoms with Gasteiger partial charge in [0.05, 0.1) is 0 Å². The molecule has 1 aromatic rings. The van der Waals surface area contributed by atoms with Crippen LogP contribution in [0, 0.1) is 5.92 Å². The Hall–Kier alpha value is -2.37. The van der Waals surface area contributed by atoms with Gasteiger partial charge in [-0.2, -0.15) is 0 Å². The molecule has 0 atom stereocenters. The van der Waals surface area contributed by atoms with Crippen LogP contribution in [0.25, 0.3) is 0 Å². The average Bonchev–Trinajstić information content (AvgIpc) is 2.49. The van der Waals surface area contributed by atoms with E-state index in [-0.39, 0.29) is 23.6 Å². The summed E-state index contributed by atoms with van der Waals surface area (Å²) in [5, 5.41) is 8.16. The largest absolute Gasteiger partial charge is 0.354 e. The third-order valence-electron chi connectivity index (χ3n) is 2.99. The lowest BCUT2D eigenvalue weighted by molar-refractivity contribution is -0.124. The molecule has 3 N–H and O–H groups in total. The maximum Gasteiger partial charge on any atom is 0.251 e. The molecule has 0 aliphatic heterocycles. The fraction of sp³-hybridized carbons (Fsp3) is 0.438. The van der Waals surface area contributed by atoms with E-state index < -0.39 is 0 Å². The predicted molar refractivity (Wildman–Crippen MR) is 84.1 cm³/mol. The van der Waals surface area contributed by atoms with E-state index in [2.05, 4.69) is 16.0 Å². The maximum atomic E-state index is 11.9. The first kappa shape index (κ1) is 17.7. The molecule has 0 radical (unpaired) electrons. The first-order valence-corrected chi connectivity index (χ1v) is 7.29. The number of amides is 3. The van der Waals surface area contributed by atoms with E-state index in [1.54, 1.807) is 24.3 Å². The van der Waals surface area contributed by atoms with Crippen LogP contribution in [0.2, 0.25) is 0 Å². The van der Waals surface area contributed by atoms with Gasteiger partial charge in [0.1, 0.15) is 0 Å². The van der Waals surface area contributed by atoms with Crippen LogP contribution in [-0.4, -0.2) is 30.8 Å². The quantitative estimate of drug-likeness (QED) is 0.652. The van der Waals surface area contributed by atoms with Crippen molar-refractivity contribution in [3.8, 4) is 0 Å². The lowest BCUT2D eigenvalue weighted by Gasteiger charge is -2.09. The first-order valence-electron chi connectivity index (χ1n) is 7.29. The third kappa shape index (κ3) is 6.39. The zero-order valence-corrected chi connectivity index (χ0v) is 13.2. The van der Waals surface area contributed by atoms with Gasteiger partial charge >= 0.3 is 0 Å². The Bertz CT molecular complexity index is 524. The Balaban J connectivity index is 2.36. The van der Waals surface area contributed by atoms with Crippen LogP contribution in [0.5, 0.6) is 0 Å². The van der Waals surface area contributed by atoms with E-state index >= 15 is 0 Å². The molecule has 1 rings (SSSR count). The lowest BCUT2D eigenvalue weighted by Crippen LogP contribution is -2.36. The summed E-state index contributed by atoms with van der Waals surface area (Å²) >= 11 is 0. The minimum atomic E-state index is -0.190. The monoisotopic (exact) mass is 305 g/mol. The Labute approximate surface area is 130 Å². The zero-order valence-electron chi connectivity index (χ0n) is 13.2. The highest BCUT2D eigenvalue weighted by atomic mass is 16.2. The van der Waals surface area contributed by atoms with Gasteiger partial charge in [-0.25, -0.2) is 0 Å². The minimum absolute atomic E-state index is 0.0310. The molecule has 1 aromatic carbocycles. The fourth-order valence-corrected chi connectivity index (χ4v) is 1.67. The van der Waals surface area contributed by atoms with Crippen molar-refractivity contribution in [2.75, 3.05) is 13.1 Å². The molecule has 0 saturated carbocycles. The molecular weight excluding hydrogens is 282 g/mol. The molecule has 120 valence electrons. The molecule has 0 aliphatic rings. The van der Waals surface area contributed by atoms with Crippen molar-refractivity contribution in [1.82, 2.24) is 16.0 Å². The van der Waals surface area contributed by atoms with Crippen molar-refractivity contribution in [3.63, 3.8) is 0 Å². The standard InChI is InChI=1S/C16H23N3O3/c1-11(2)15(21)17-8-9-18-16(22)14-6-4-13(5-7-14)10-19-12(3)20/h4-7,11H,8-10H2,1-3H3,(H,17,21)(H,18,22)(H,19,20). The SMILES string of the molecule is CC(=O)NCc1ccc(C(=O)NCCNC(=O)C(C)C)cc1. The van der Waals surface area contributed by atoms with E-state index in [0.717, 1.165) is 5.56 Å². The van der Waals surface area contributed by atoms with E-state index in [0.29, 0.717) is 25.2 Å². The van der Waals surface area contributed by atoms with Gasteiger partial charge in [0.25, 0.3) is 5.91 Å². The molecule has 6 heteroatoms. The maximum absolute atomic E-state index is 11.9. The first-order chi connectivity index (χ1) is 10.4. The average molecular weight is 305 g/mol. The molecule has 3 amide bonds. The van der Waals surface area contributed by atoms with Crippen molar-refractivity contribution in [2.45, 2.75) is 27.3 Å². The van der Waals surface area contributed by atoms with Crippen molar-refractivity contribution >= 4 is 17.7 Å². The molecule has 0 fully saturated rings. The van der Waals surface area contributed by atoms with Gasteiger partial charge in [0.2, 0.25) is 11.8 Å². The van der Waals surface area contributed by atoms with Crippen LogP contribution in [0.15, 0.2) is 24.3 Å². The van der Waals surface area contributed by atoms with E-state index in [4.69, 9.17) is 0 Å². The Morgan fingerprint density at radius 1 is 0.955 bits per heavy atom. The summed E-state index contributed by atoms with van der Waals surface area (Å²) in [6, 6.07) is 7.01. The molecule has 6 nitrogen and oxygen atoms in total. The molecule has 0 spiro atoms. The van der Waals surface area contributed by atoms with Gasteiger partial charge < -0.3 is 16.0 Å². The minimum Gasteiger partial charge on any atom is -0.354 e. The number of carbonyl (C=O) groups excluding carboxylic acids is 3.